The zero-order valence-electron chi connectivity index (χ0n) is 20.7. The molecule has 1 fully saturated rings. The molecule has 0 radical (unpaired) electrons. The van der Waals surface area contributed by atoms with Crippen molar-refractivity contribution in [2.75, 3.05) is 13.1 Å². The van der Waals surface area contributed by atoms with Gasteiger partial charge in [-0.15, -0.1) is 0 Å². The van der Waals surface area contributed by atoms with Crippen LogP contribution in [0.4, 0.5) is 4.79 Å². The number of rotatable bonds is 5. The molecular formula is C27H31N5O3. The molecule has 0 aliphatic carbocycles. The lowest BCUT2D eigenvalue weighted by Crippen LogP contribution is -2.42. The summed E-state index contributed by atoms with van der Waals surface area (Å²) in [6.45, 7) is 9.18. The first-order valence-electron chi connectivity index (χ1n) is 11.8. The second kappa shape index (κ2) is 10.2. The number of benzene rings is 1. The van der Waals surface area contributed by atoms with E-state index in [0.717, 1.165) is 35.1 Å². The van der Waals surface area contributed by atoms with Crippen molar-refractivity contribution in [3.63, 3.8) is 0 Å². The maximum Gasteiger partial charge on any atom is 0.410 e. The van der Waals surface area contributed by atoms with E-state index in [0.29, 0.717) is 25.4 Å². The van der Waals surface area contributed by atoms with Gasteiger partial charge in [0.15, 0.2) is 11.4 Å². The van der Waals surface area contributed by atoms with Gasteiger partial charge in [-0.2, -0.15) is 10.4 Å². The van der Waals surface area contributed by atoms with Crippen LogP contribution in [0, 0.1) is 18.3 Å². The molecule has 0 atom stereocenters. The normalized spacial score (nSPS) is 14.4. The van der Waals surface area contributed by atoms with Crippen molar-refractivity contribution in [3.8, 4) is 22.9 Å². The van der Waals surface area contributed by atoms with Crippen molar-refractivity contribution in [2.24, 2.45) is 0 Å². The molecular weight excluding hydrogens is 442 g/mol. The van der Waals surface area contributed by atoms with Gasteiger partial charge in [-0.05, 0) is 46.1 Å². The molecule has 2 aromatic heterocycles. The molecule has 1 saturated heterocycles. The predicted molar refractivity (Wildman–Crippen MR) is 132 cm³/mol. The molecule has 1 aromatic carbocycles. The van der Waals surface area contributed by atoms with Crippen molar-refractivity contribution in [3.05, 3.63) is 65.7 Å². The van der Waals surface area contributed by atoms with E-state index < -0.39 is 5.60 Å². The smallest absolute Gasteiger partial charge is 0.410 e. The average Bonchev–Trinajstić information content (AvgIpc) is 3.33. The number of nitriles is 1. The quantitative estimate of drug-likeness (QED) is 0.501. The topological polar surface area (TPSA) is 93.3 Å². The van der Waals surface area contributed by atoms with E-state index in [1.54, 1.807) is 11.1 Å². The SMILES string of the molecule is Cc1c(-c2cnn(C3CCN(C(=O)OC(C)(C)C)CC3)c2)cnc(C#N)c1OCc1ccccc1. The van der Waals surface area contributed by atoms with Crippen LogP contribution in [0.5, 0.6) is 5.75 Å². The number of likely N-dealkylation sites (tertiary alicyclic amines) is 1. The summed E-state index contributed by atoms with van der Waals surface area (Å²) in [7, 11) is 0. The van der Waals surface area contributed by atoms with Gasteiger partial charge in [-0.1, -0.05) is 30.3 Å². The lowest BCUT2D eigenvalue weighted by molar-refractivity contribution is 0.0185. The zero-order valence-corrected chi connectivity index (χ0v) is 20.7. The second-order valence-electron chi connectivity index (χ2n) is 9.77. The zero-order chi connectivity index (χ0) is 25.0. The van der Waals surface area contributed by atoms with E-state index >= 15 is 0 Å². The van der Waals surface area contributed by atoms with Gasteiger partial charge in [-0.3, -0.25) is 4.68 Å². The fourth-order valence-corrected chi connectivity index (χ4v) is 4.18. The first kappa shape index (κ1) is 24.3. The summed E-state index contributed by atoms with van der Waals surface area (Å²) in [4.78, 5) is 18.5. The number of amides is 1. The molecule has 1 aliphatic heterocycles. The molecule has 0 saturated carbocycles. The molecule has 35 heavy (non-hydrogen) atoms. The Kier molecular flexibility index (Phi) is 7.06. The summed E-state index contributed by atoms with van der Waals surface area (Å²) in [6, 6.07) is 12.2. The maximum atomic E-state index is 12.4. The van der Waals surface area contributed by atoms with Crippen LogP contribution in [0.25, 0.3) is 11.1 Å². The Hall–Kier alpha value is -3.86. The van der Waals surface area contributed by atoms with Crippen LogP contribution in [0.15, 0.2) is 48.9 Å². The number of pyridine rings is 1. The van der Waals surface area contributed by atoms with Crippen molar-refractivity contribution in [1.82, 2.24) is 19.7 Å². The highest BCUT2D eigenvalue weighted by Gasteiger charge is 2.28. The van der Waals surface area contributed by atoms with Gasteiger partial charge >= 0.3 is 6.09 Å². The van der Waals surface area contributed by atoms with E-state index in [-0.39, 0.29) is 17.8 Å². The molecule has 1 aliphatic rings. The Bertz CT molecular complexity index is 1220. The van der Waals surface area contributed by atoms with E-state index in [9.17, 15) is 10.1 Å². The highest BCUT2D eigenvalue weighted by Crippen LogP contribution is 2.33. The highest BCUT2D eigenvalue weighted by atomic mass is 16.6. The molecule has 0 bridgehead atoms. The van der Waals surface area contributed by atoms with Gasteiger partial charge in [0, 0.05) is 42.2 Å². The van der Waals surface area contributed by atoms with E-state index in [2.05, 4.69) is 16.2 Å². The molecule has 8 heteroatoms. The Morgan fingerprint density at radius 1 is 1.17 bits per heavy atom. The molecule has 3 heterocycles. The molecule has 0 unspecified atom stereocenters. The van der Waals surface area contributed by atoms with Crippen molar-refractivity contribution in [1.29, 1.82) is 5.26 Å². The number of carbonyl (C=O) groups is 1. The van der Waals surface area contributed by atoms with Gasteiger partial charge in [0.25, 0.3) is 0 Å². The summed E-state index contributed by atoms with van der Waals surface area (Å²) >= 11 is 0. The first-order valence-corrected chi connectivity index (χ1v) is 11.8. The van der Waals surface area contributed by atoms with Crippen LogP contribution in [0.2, 0.25) is 0 Å². The average molecular weight is 474 g/mol. The summed E-state index contributed by atoms with van der Waals surface area (Å²) in [5.74, 6) is 0.493. The van der Waals surface area contributed by atoms with E-state index in [1.807, 2.05) is 75.1 Å². The summed E-state index contributed by atoms with van der Waals surface area (Å²) < 4.78 is 13.5. The lowest BCUT2D eigenvalue weighted by atomic mass is 10.0. The van der Waals surface area contributed by atoms with Crippen molar-refractivity contribution < 1.29 is 14.3 Å². The molecule has 0 spiro atoms. The number of hydrogen-bond acceptors (Lipinski definition) is 6. The Morgan fingerprint density at radius 2 is 1.89 bits per heavy atom. The van der Waals surface area contributed by atoms with Crippen LogP contribution < -0.4 is 4.74 Å². The number of piperidine rings is 1. The number of ether oxygens (including phenoxy) is 2. The van der Waals surface area contributed by atoms with Gasteiger partial charge in [0.2, 0.25) is 0 Å². The lowest BCUT2D eigenvalue weighted by Gasteiger charge is -2.33. The van der Waals surface area contributed by atoms with Crippen molar-refractivity contribution in [2.45, 2.75) is 58.8 Å². The fraction of sp³-hybridized carbons (Fsp3) is 0.407. The third-order valence-corrected chi connectivity index (χ3v) is 6.02. The standard InChI is InChI=1S/C27H31N5O3/c1-19-23(16-29-24(14-28)25(19)34-18-20-8-6-5-7-9-20)21-15-30-32(17-21)22-10-12-31(13-11-22)26(33)35-27(2,3)4/h5-9,15-17,22H,10-13,18H2,1-4H3. The maximum absolute atomic E-state index is 12.4. The number of carbonyl (C=O) groups excluding carboxylic acids is 1. The van der Waals surface area contributed by atoms with Crippen LogP contribution in [-0.2, 0) is 11.3 Å². The van der Waals surface area contributed by atoms with Gasteiger partial charge < -0.3 is 14.4 Å². The van der Waals surface area contributed by atoms with Gasteiger partial charge in [0.05, 0.1) is 12.2 Å². The van der Waals surface area contributed by atoms with Crippen LogP contribution >= 0.6 is 0 Å². The minimum Gasteiger partial charge on any atom is -0.486 e. The van der Waals surface area contributed by atoms with Crippen LogP contribution in [0.3, 0.4) is 0 Å². The van der Waals surface area contributed by atoms with E-state index in [1.165, 1.54) is 0 Å². The molecule has 3 aromatic rings. The van der Waals surface area contributed by atoms with Gasteiger partial charge in [0.1, 0.15) is 18.3 Å². The third kappa shape index (κ3) is 5.80. The predicted octanol–water partition coefficient (Wildman–Crippen LogP) is 5.28. The highest BCUT2D eigenvalue weighted by molar-refractivity contribution is 5.69. The summed E-state index contributed by atoms with van der Waals surface area (Å²) in [6.07, 6.45) is 6.87. The molecule has 182 valence electrons. The Labute approximate surface area is 206 Å². The number of hydrogen-bond donors (Lipinski definition) is 0. The van der Waals surface area contributed by atoms with Crippen molar-refractivity contribution >= 4 is 6.09 Å². The van der Waals surface area contributed by atoms with Gasteiger partial charge in [-0.25, -0.2) is 9.78 Å². The van der Waals surface area contributed by atoms with E-state index in [4.69, 9.17) is 9.47 Å². The monoisotopic (exact) mass is 473 g/mol. The number of nitrogens with zero attached hydrogens (tertiary/aromatic N) is 5. The fourth-order valence-electron chi connectivity index (χ4n) is 4.18. The Balaban J connectivity index is 1.47. The van der Waals surface area contributed by atoms with Crippen LogP contribution in [-0.4, -0.2) is 44.4 Å². The second-order valence-corrected chi connectivity index (χ2v) is 9.77. The largest absolute Gasteiger partial charge is 0.486 e. The minimum atomic E-state index is -0.499. The Morgan fingerprint density at radius 3 is 2.54 bits per heavy atom. The summed E-state index contributed by atoms with van der Waals surface area (Å²) in [5.41, 5.74) is 3.44. The minimum absolute atomic E-state index is 0.197. The third-order valence-electron chi connectivity index (χ3n) is 6.02. The molecule has 1 amide bonds. The van der Waals surface area contributed by atoms with Crippen LogP contribution in [0.1, 0.15) is 56.5 Å². The first-order chi connectivity index (χ1) is 16.7. The number of aromatic nitrogens is 3. The molecule has 0 N–H and O–H groups in total. The molecule has 4 rings (SSSR count). The summed E-state index contributed by atoms with van der Waals surface area (Å²) in [5, 5.41) is 14.2. The molecule has 8 nitrogen and oxygen atoms in total.